The largest absolute Gasteiger partial charge is 0.388 e. The van der Waals surface area contributed by atoms with Crippen LogP contribution >= 0.6 is 12.2 Å². The van der Waals surface area contributed by atoms with E-state index in [4.69, 9.17) is 18.0 Å². The molecule has 0 aliphatic carbocycles. The van der Waals surface area contributed by atoms with Crippen molar-refractivity contribution in [2.24, 2.45) is 11.7 Å². The first-order valence-electron chi connectivity index (χ1n) is 6.14. The molecule has 0 atom stereocenters. The number of rotatable bonds is 6. The van der Waals surface area contributed by atoms with Crippen LogP contribution < -0.4 is 16.0 Å². The first-order valence-corrected chi connectivity index (χ1v) is 6.54. The number of carbonyl (C=O) groups is 1. The van der Waals surface area contributed by atoms with Gasteiger partial charge in [-0.2, -0.15) is 0 Å². The fraction of sp³-hybridized carbons (Fsp3) is 0.462. The molecule has 0 saturated carbocycles. The molecule has 104 valence electrons. The summed E-state index contributed by atoms with van der Waals surface area (Å²) in [5.74, 6) is 0.440. The van der Waals surface area contributed by atoms with E-state index < -0.39 is 0 Å². The minimum atomic E-state index is -0.00498. The molecule has 0 radical (unpaired) electrons. The van der Waals surface area contributed by atoms with Crippen molar-refractivity contribution in [3.8, 4) is 0 Å². The van der Waals surface area contributed by atoms with Gasteiger partial charge in [-0.1, -0.05) is 26.1 Å². The number of hydrogen-bond acceptors (Lipinski definition) is 4. The Balaban J connectivity index is 2.55. The van der Waals surface area contributed by atoms with Gasteiger partial charge in [-0.05, 0) is 18.1 Å². The summed E-state index contributed by atoms with van der Waals surface area (Å²) >= 11 is 4.84. The Morgan fingerprint density at radius 1 is 1.53 bits per heavy atom. The number of anilines is 1. The third kappa shape index (κ3) is 5.21. The van der Waals surface area contributed by atoms with Gasteiger partial charge in [-0.3, -0.25) is 9.78 Å². The van der Waals surface area contributed by atoms with Gasteiger partial charge < -0.3 is 16.0 Å². The van der Waals surface area contributed by atoms with Crippen molar-refractivity contribution in [1.82, 2.24) is 10.3 Å². The lowest BCUT2D eigenvalue weighted by atomic mass is 10.2. The van der Waals surface area contributed by atoms with Gasteiger partial charge in [-0.25, -0.2) is 0 Å². The van der Waals surface area contributed by atoms with Gasteiger partial charge in [0, 0.05) is 13.6 Å². The summed E-state index contributed by atoms with van der Waals surface area (Å²) in [7, 11) is 1.84. The van der Waals surface area contributed by atoms with E-state index in [1.807, 2.05) is 18.0 Å². The van der Waals surface area contributed by atoms with Gasteiger partial charge in [0.25, 0.3) is 0 Å². The van der Waals surface area contributed by atoms with Gasteiger partial charge in [0.1, 0.15) is 4.99 Å². The average molecular weight is 280 g/mol. The molecule has 0 fully saturated rings. The Bertz CT molecular complexity index is 444. The SMILES string of the molecule is CC(C)CNC(=O)CN(C)c1ccc(C(N)=S)nc1. The molecule has 0 aliphatic heterocycles. The highest BCUT2D eigenvalue weighted by Gasteiger charge is 2.08. The predicted octanol–water partition coefficient (Wildman–Crippen LogP) is 0.924. The molecule has 0 bridgehead atoms. The summed E-state index contributed by atoms with van der Waals surface area (Å²) < 4.78 is 0. The molecule has 6 heteroatoms. The lowest BCUT2D eigenvalue weighted by Crippen LogP contribution is -2.36. The van der Waals surface area contributed by atoms with E-state index in [1.165, 1.54) is 0 Å². The Hall–Kier alpha value is -1.69. The first-order chi connectivity index (χ1) is 8.90. The van der Waals surface area contributed by atoms with Crippen LogP contribution in [0.5, 0.6) is 0 Å². The normalized spacial score (nSPS) is 10.3. The van der Waals surface area contributed by atoms with Crippen LogP contribution in [0.2, 0.25) is 0 Å². The summed E-state index contributed by atoms with van der Waals surface area (Å²) in [6.07, 6.45) is 1.66. The third-order valence-electron chi connectivity index (χ3n) is 2.53. The van der Waals surface area contributed by atoms with Crippen molar-refractivity contribution in [3.05, 3.63) is 24.0 Å². The third-order valence-corrected chi connectivity index (χ3v) is 2.74. The summed E-state index contributed by atoms with van der Waals surface area (Å²) in [5, 5.41) is 2.87. The molecule has 1 aromatic rings. The first kappa shape index (κ1) is 15.4. The number of nitrogens with two attached hydrogens (primary N) is 1. The van der Waals surface area contributed by atoms with Crippen LogP contribution in [-0.4, -0.2) is 36.0 Å². The van der Waals surface area contributed by atoms with Gasteiger partial charge in [0.05, 0.1) is 24.1 Å². The molecule has 19 heavy (non-hydrogen) atoms. The number of amides is 1. The lowest BCUT2D eigenvalue weighted by molar-refractivity contribution is -0.119. The Labute approximate surface area is 119 Å². The minimum Gasteiger partial charge on any atom is -0.388 e. The second-order valence-corrected chi connectivity index (χ2v) is 5.26. The van der Waals surface area contributed by atoms with E-state index in [0.717, 1.165) is 5.69 Å². The number of hydrogen-bond donors (Lipinski definition) is 2. The highest BCUT2D eigenvalue weighted by atomic mass is 32.1. The smallest absolute Gasteiger partial charge is 0.239 e. The maximum Gasteiger partial charge on any atom is 0.239 e. The Kier molecular flexibility index (Phi) is 5.69. The summed E-state index contributed by atoms with van der Waals surface area (Å²) in [4.78, 5) is 17.9. The number of nitrogens with one attached hydrogen (secondary N) is 1. The van der Waals surface area contributed by atoms with Crippen molar-refractivity contribution < 1.29 is 4.79 Å². The molecule has 0 saturated heterocycles. The van der Waals surface area contributed by atoms with Crippen molar-refractivity contribution in [2.45, 2.75) is 13.8 Å². The molecule has 0 aliphatic rings. The van der Waals surface area contributed by atoms with E-state index in [1.54, 1.807) is 12.3 Å². The van der Waals surface area contributed by atoms with Crippen LogP contribution in [0.15, 0.2) is 18.3 Å². The topological polar surface area (TPSA) is 71.2 Å². The Morgan fingerprint density at radius 3 is 2.68 bits per heavy atom. The van der Waals surface area contributed by atoms with Crippen LogP contribution in [0.25, 0.3) is 0 Å². The summed E-state index contributed by atoms with van der Waals surface area (Å²) in [6, 6.07) is 3.59. The zero-order chi connectivity index (χ0) is 14.4. The second-order valence-electron chi connectivity index (χ2n) is 4.82. The minimum absolute atomic E-state index is 0.00498. The molecular formula is C13H20N4OS. The number of carbonyl (C=O) groups excluding carboxylic acids is 1. The maximum atomic E-state index is 11.7. The maximum absolute atomic E-state index is 11.7. The zero-order valence-electron chi connectivity index (χ0n) is 11.5. The number of pyridine rings is 1. The van der Waals surface area contributed by atoms with Crippen LogP contribution in [0, 0.1) is 5.92 Å². The van der Waals surface area contributed by atoms with Gasteiger partial charge in [0.15, 0.2) is 0 Å². The van der Waals surface area contributed by atoms with Crippen molar-refractivity contribution in [3.63, 3.8) is 0 Å². The van der Waals surface area contributed by atoms with Crippen LogP contribution in [0.1, 0.15) is 19.5 Å². The lowest BCUT2D eigenvalue weighted by Gasteiger charge is -2.19. The van der Waals surface area contributed by atoms with Crippen LogP contribution in [0.3, 0.4) is 0 Å². The quantitative estimate of drug-likeness (QED) is 0.758. The second kappa shape index (κ2) is 7.04. The molecule has 0 unspecified atom stereocenters. The molecule has 5 nitrogen and oxygen atoms in total. The molecule has 1 heterocycles. The van der Waals surface area contributed by atoms with Gasteiger partial charge >= 0.3 is 0 Å². The van der Waals surface area contributed by atoms with Crippen molar-refractivity contribution in [2.75, 3.05) is 25.0 Å². The fourth-order valence-corrected chi connectivity index (χ4v) is 1.56. The molecule has 1 amide bonds. The summed E-state index contributed by atoms with van der Waals surface area (Å²) in [5.41, 5.74) is 6.91. The summed E-state index contributed by atoms with van der Waals surface area (Å²) in [6.45, 7) is 5.09. The fourth-order valence-electron chi connectivity index (χ4n) is 1.44. The monoisotopic (exact) mass is 280 g/mol. The Morgan fingerprint density at radius 2 is 2.21 bits per heavy atom. The highest BCUT2D eigenvalue weighted by molar-refractivity contribution is 7.80. The molecular weight excluding hydrogens is 260 g/mol. The number of thiocarbonyl (C=S) groups is 1. The van der Waals surface area contributed by atoms with E-state index in [-0.39, 0.29) is 10.9 Å². The van der Waals surface area contributed by atoms with E-state index in [0.29, 0.717) is 24.7 Å². The van der Waals surface area contributed by atoms with Gasteiger partial charge in [0.2, 0.25) is 5.91 Å². The molecule has 3 N–H and O–H groups in total. The predicted molar refractivity (Wildman–Crippen MR) is 81.2 cm³/mol. The highest BCUT2D eigenvalue weighted by Crippen LogP contribution is 2.10. The van der Waals surface area contributed by atoms with Gasteiger partial charge in [-0.15, -0.1) is 0 Å². The van der Waals surface area contributed by atoms with Crippen molar-refractivity contribution in [1.29, 1.82) is 0 Å². The number of likely N-dealkylation sites (N-methyl/N-ethyl adjacent to an activating group) is 1. The number of aromatic nitrogens is 1. The van der Waals surface area contributed by atoms with E-state index >= 15 is 0 Å². The molecule has 0 spiro atoms. The standard InChI is InChI=1S/C13H20N4OS/c1-9(2)6-16-12(18)8-17(3)10-4-5-11(13(14)19)15-7-10/h4-5,7,9H,6,8H2,1-3H3,(H2,14,19)(H,16,18). The molecule has 1 aromatic heterocycles. The van der Waals surface area contributed by atoms with Crippen LogP contribution in [-0.2, 0) is 4.79 Å². The van der Waals surface area contributed by atoms with Crippen LogP contribution in [0.4, 0.5) is 5.69 Å². The zero-order valence-corrected chi connectivity index (χ0v) is 12.3. The van der Waals surface area contributed by atoms with Crippen molar-refractivity contribution >= 4 is 28.8 Å². The average Bonchev–Trinajstić information content (AvgIpc) is 2.36. The van der Waals surface area contributed by atoms with E-state index in [9.17, 15) is 4.79 Å². The van der Waals surface area contributed by atoms with E-state index in [2.05, 4.69) is 24.1 Å². The molecule has 0 aromatic carbocycles. The molecule has 1 rings (SSSR count). The number of nitrogens with zero attached hydrogens (tertiary/aromatic N) is 2.